The molecule has 0 fully saturated rings. The zero-order chi connectivity index (χ0) is 11.4. The first kappa shape index (κ1) is 14.3. The van der Waals surface area contributed by atoms with E-state index in [-0.39, 0.29) is 18.5 Å². The molecule has 1 aromatic carbocycles. The molecule has 0 spiro atoms. The average Bonchev–Trinajstić information content (AvgIpc) is 2.76. The van der Waals surface area contributed by atoms with Crippen LogP contribution >= 0.6 is 28.3 Å². The number of benzene rings is 1. The van der Waals surface area contributed by atoms with Gasteiger partial charge >= 0.3 is 0 Å². The van der Waals surface area contributed by atoms with Crippen LogP contribution in [0.3, 0.4) is 0 Å². The van der Waals surface area contributed by atoms with Gasteiger partial charge in [0.25, 0.3) is 0 Å². The van der Waals surface area contributed by atoms with E-state index in [0.29, 0.717) is 13.2 Å². The SMILES string of the molecule is Cl.NCC1CC(COc2ccccc2Br)=NO1. The van der Waals surface area contributed by atoms with Gasteiger partial charge < -0.3 is 15.3 Å². The van der Waals surface area contributed by atoms with Crippen LogP contribution in [0.1, 0.15) is 6.42 Å². The van der Waals surface area contributed by atoms with E-state index < -0.39 is 0 Å². The molecule has 6 heteroatoms. The van der Waals surface area contributed by atoms with Gasteiger partial charge in [-0.15, -0.1) is 12.4 Å². The Morgan fingerprint density at radius 2 is 2.24 bits per heavy atom. The van der Waals surface area contributed by atoms with Crippen molar-refractivity contribution in [3.05, 3.63) is 28.7 Å². The lowest BCUT2D eigenvalue weighted by Gasteiger charge is -2.06. The summed E-state index contributed by atoms with van der Waals surface area (Å²) in [5.74, 6) is 0.807. The lowest BCUT2D eigenvalue weighted by Crippen LogP contribution is -2.21. The average molecular weight is 322 g/mol. The van der Waals surface area contributed by atoms with Gasteiger partial charge in [0.2, 0.25) is 0 Å². The number of nitrogens with two attached hydrogens (primary N) is 1. The minimum Gasteiger partial charge on any atom is -0.486 e. The van der Waals surface area contributed by atoms with Crippen LogP contribution in [-0.2, 0) is 4.84 Å². The van der Waals surface area contributed by atoms with Gasteiger partial charge in [0.05, 0.1) is 10.2 Å². The lowest BCUT2D eigenvalue weighted by molar-refractivity contribution is 0.0918. The summed E-state index contributed by atoms with van der Waals surface area (Å²) in [6.07, 6.45) is 0.763. The van der Waals surface area contributed by atoms with Crippen molar-refractivity contribution in [2.24, 2.45) is 10.9 Å². The summed E-state index contributed by atoms with van der Waals surface area (Å²) < 4.78 is 6.55. The molecule has 2 rings (SSSR count). The smallest absolute Gasteiger partial charge is 0.145 e. The summed E-state index contributed by atoms with van der Waals surface area (Å²) >= 11 is 3.42. The summed E-state index contributed by atoms with van der Waals surface area (Å²) in [4.78, 5) is 5.10. The Morgan fingerprint density at radius 3 is 2.88 bits per heavy atom. The second-order valence-electron chi connectivity index (χ2n) is 3.54. The van der Waals surface area contributed by atoms with Gasteiger partial charge in [0, 0.05) is 13.0 Å². The van der Waals surface area contributed by atoms with Crippen LogP contribution in [0.2, 0.25) is 0 Å². The maximum atomic E-state index is 5.62. The Balaban J connectivity index is 0.00000144. The Morgan fingerprint density at radius 1 is 1.47 bits per heavy atom. The van der Waals surface area contributed by atoms with Crippen LogP contribution in [0.15, 0.2) is 33.9 Å². The number of hydrogen-bond donors (Lipinski definition) is 1. The summed E-state index contributed by atoms with van der Waals surface area (Å²) in [5.41, 5.74) is 6.38. The number of ether oxygens (including phenoxy) is 1. The Hall–Kier alpha value is -0.780. The second kappa shape index (κ2) is 6.83. The number of oxime groups is 1. The molecule has 4 nitrogen and oxygen atoms in total. The van der Waals surface area contributed by atoms with E-state index in [4.69, 9.17) is 15.3 Å². The third kappa shape index (κ3) is 3.87. The predicted molar refractivity (Wildman–Crippen MR) is 72.9 cm³/mol. The highest BCUT2D eigenvalue weighted by molar-refractivity contribution is 9.10. The zero-order valence-corrected chi connectivity index (χ0v) is 11.5. The van der Waals surface area contributed by atoms with E-state index >= 15 is 0 Å². The molecule has 2 N–H and O–H groups in total. The first-order valence-electron chi connectivity index (χ1n) is 5.08. The Labute approximate surface area is 115 Å². The van der Waals surface area contributed by atoms with Crippen molar-refractivity contribution >= 4 is 34.0 Å². The van der Waals surface area contributed by atoms with Crippen molar-refractivity contribution in [3.63, 3.8) is 0 Å². The normalized spacial score (nSPS) is 18.0. The first-order chi connectivity index (χ1) is 7.79. The highest BCUT2D eigenvalue weighted by Gasteiger charge is 2.19. The molecule has 1 atom stereocenters. The van der Waals surface area contributed by atoms with Crippen molar-refractivity contribution < 1.29 is 9.57 Å². The van der Waals surface area contributed by atoms with Crippen LogP contribution in [0.5, 0.6) is 5.75 Å². The molecule has 0 radical (unpaired) electrons. The molecule has 17 heavy (non-hydrogen) atoms. The molecule has 0 amide bonds. The second-order valence-corrected chi connectivity index (χ2v) is 4.40. The molecule has 94 valence electrons. The van der Waals surface area contributed by atoms with Gasteiger partial charge in [-0.05, 0) is 28.1 Å². The third-order valence-electron chi connectivity index (χ3n) is 2.29. The van der Waals surface area contributed by atoms with E-state index in [2.05, 4.69) is 21.1 Å². The fourth-order valence-electron chi connectivity index (χ4n) is 1.42. The van der Waals surface area contributed by atoms with Crippen molar-refractivity contribution in [1.82, 2.24) is 0 Å². The summed E-state index contributed by atoms with van der Waals surface area (Å²) in [6, 6.07) is 7.71. The van der Waals surface area contributed by atoms with Gasteiger partial charge in [-0.2, -0.15) is 0 Å². The quantitative estimate of drug-likeness (QED) is 0.926. The topological polar surface area (TPSA) is 56.8 Å². The molecule has 0 saturated heterocycles. The monoisotopic (exact) mass is 320 g/mol. The van der Waals surface area contributed by atoms with E-state index in [0.717, 1.165) is 22.4 Å². The fourth-order valence-corrected chi connectivity index (χ4v) is 1.82. The predicted octanol–water partition coefficient (Wildman–Crippen LogP) is 2.35. The maximum absolute atomic E-state index is 5.62. The highest BCUT2D eigenvalue weighted by Crippen LogP contribution is 2.24. The molecular weight excluding hydrogens is 307 g/mol. The molecule has 0 aromatic heterocycles. The standard InChI is InChI=1S/C11H13BrN2O2.ClH/c12-10-3-1-2-4-11(10)15-7-8-5-9(6-13)16-14-8;/h1-4,9H,5-7,13H2;1H. The Kier molecular flexibility index (Phi) is 5.74. The van der Waals surface area contributed by atoms with Gasteiger partial charge in [-0.25, -0.2) is 0 Å². The van der Waals surface area contributed by atoms with Gasteiger partial charge in [-0.1, -0.05) is 17.3 Å². The zero-order valence-electron chi connectivity index (χ0n) is 9.14. The van der Waals surface area contributed by atoms with Crippen LogP contribution in [0, 0.1) is 0 Å². The lowest BCUT2D eigenvalue weighted by atomic mass is 10.2. The van der Waals surface area contributed by atoms with Crippen LogP contribution in [0.25, 0.3) is 0 Å². The van der Waals surface area contributed by atoms with Crippen molar-refractivity contribution in [2.75, 3.05) is 13.2 Å². The first-order valence-corrected chi connectivity index (χ1v) is 5.88. The van der Waals surface area contributed by atoms with E-state index in [1.165, 1.54) is 0 Å². The largest absolute Gasteiger partial charge is 0.486 e. The van der Waals surface area contributed by atoms with Crippen molar-refractivity contribution in [2.45, 2.75) is 12.5 Å². The van der Waals surface area contributed by atoms with Gasteiger partial charge in [-0.3, -0.25) is 0 Å². The summed E-state index contributed by atoms with van der Waals surface area (Å²) in [7, 11) is 0. The van der Waals surface area contributed by atoms with E-state index in [1.807, 2.05) is 24.3 Å². The molecule has 1 aromatic rings. The van der Waals surface area contributed by atoms with Gasteiger partial charge in [0.15, 0.2) is 0 Å². The van der Waals surface area contributed by atoms with E-state index in [1.54, 1.807) is 0 Å². The molecule has 1 aliphatic rings. The molecule has 1 aliphatic heterocycles. The number of para-hydroxylation sites is 1. The molecule has 0 bridgehead atoms. The molecule has 0 saturated carbocycles. The van der Waals surface area contributed by atoms with Gasteiger partial charge in [0.1, 0.15) is 18.5 Å². The summed E-state index contributed by atoms with van der Waals surface area (Å²) in [6.45, 7) is 0.932. The molecule has 0 aliphatic carbocycles. The van der Waals surface area contributed by atoms with Crippen LogP contribution in [-0.4, -0.2) is 25.0 Å². The summed E-state index contributed by atoms with van der Waals surface area (Å²) in [5, 5.41) is 3.93. The van der Waals surface area contributed by atoms with E-state index in [9.17, 15) is 0 Å². The molecular formula is C11H14BrClN2O2. The fraction of sp³-hybridized carbons (Fsp3) is 0.364. The van der Waals surface area contributed by atoms with Crippen molar-refractivity contribution in [1.29, 1.82) is 0 Å². The van der Waals surface area contributed by atoms with Crippen LogP contribution < -0.4 is 10.5 Å². The minimum absolute atomic E-state index is 0. The van der Waals surface area contributed by atoms with Crippen LogP contribution in [0.4, 0.5) is 0 Å². The van der Waals surface area contributed by atoms with Crippen molar-refractivity contribution in [3.8, 4) is 5.75 Å². The maximum Gasteiger partial charge on any atom is 0.145 e. The Bertz CT molecular complexity index is 401. The molecule has 1 unspecified atom stereocenters. The highest BCUT2D eigenvalue weighted by atomic mass is 79.9. The number of hydrogen-bond acceptors (Lipinski definition) is 4. The minimum atomic E-state index is 0. The number of halogens is 2. The number of nitrogens with zero attached hydrogens (tertiary/aromatic N) is 1. The molecule has 1 heterocycles. The number of rotatable bonds is 4. The third-order valence-corrected chi connectivity index (χ3v) is 2.94.